The van der Waals surface area contributed by atoms with E-state index in [1.165, 1.54) is 0 Å². The highest BCUT2D eigenvalue weighted by molar-refractivity contribution is 5.89. The number of nitrogens with one attached hydrogen (secondary N) is 1. The molecule has 2 atom stereocenters. The number of likely N-dealkylation sites (tertiary alicyclic amines) is 1. The van der Waals surface area contributed by atoms with E-state index < -0.39 is 0 Å². The van der Waals surface area contributed by atoms with Gasteiger partial charge in [-0.25, -0.2) is 0 Å². The summed E-state index contributed by atoms with van der Waals surface area (Å²) in [5.74, 6) is 0.516. The van der Waals surface area contributed by atoms with Crippen molar-refractivity contribution in [2.45, 2.75) is 79.3 Å². The molecule has 2 unspecified atom stereocenters. The van der Waals surface area contributed by atoms with Crippen LogP contribution >= 0.6 is 0 Å². The van der Waals surface area contributed by atoms with Gasteiger partial charge in [0.2, 0.25) is 11.8 Å². The second-order valence-electron chi connectivity index (χ2n) is 7.15. The molecule has 2 fully saturated rings. The van der Waals surface area contributed by atoms with Gasteiger partial charge in [-0.3, -0.25) is 9.59 Å². The molecule has 1 aromatic heterocycles. The van der Waals surface area contributed by atoms with Gasteiger partial charge in [0.1, 0.15) is 12.3 Å². The van der Waals surface area contributed by atoms with Gasteiger partial charge >= 0.3 is 0 Å². The molecule has 0 spiro atoms. The van der Waals surface area contributed by atoms with Crippen molar-refractivity contribution < 1.29 is 14.1 Å². The molecule has 2 aliphatic rings. The Bertz CT molecular complexity index is 539. The summed E-state index contributed by atoms with van der Waals surface area (Å²) in [5.41, 5.74) is 0.926. The number of aromatic nitrogens is 1. The Labute approximate surface area is 157 Å². The lowest BCUT2D eigenvalue weighted by molar-refractivity contribution is -0.142. The SMILES string of the molecule is CC.CC(C)C(C)C(=O)N1CCCC1C(=O)NC1CC1.Cc1ccon1. The Kier molecular flexibility index (Phi) is 9.38. The van der Waals surface area contributed by atoms with Gasteiger partial charge in [-0.2, -0.15) is 0 Å². The summed E-state index contributed by atoms with van der Waals surface area (Å²) in [4.78, 5) is 26.2. The number of amides is 2. The van der Waals surface area contributed by atoms with Crippen molar-refractivity contribution in [3.8, 4) is 0 Å². The molecule has 1 aliphatic carbocycles. The van der Waals surface area contributed by atoms with E-state index in [2.05, 4.69) is 28.8 Å². The van der Waals surface area contributed by atoms with Crippen molar-refractivity contribution in [3.63, 3.8) is 0 Å². The van der Waals surface area contributed by atoms with E-state index >= 15 is 0 Å². The third-order valence-corrected chi connectivity index (χ3v) is 4.72. The Morgan fingerprint density at radius 1 is 1.23 bits per heavy atom. The fourth-order valence-corrected chi connectivity index (χ4v) is 2.65. The molecule has 1 N–H and O–H groups in total. The van der Waals surface area contributed by atoms with Gasteiger partial charge < -0.3 is 14.7 Å². The molecule has 2 heterocycles. The van der Waals surface area contributed by atoms with Gasteiger partial charge in [-0.1, -0.05) is 39.8 Å². The number of carbonyl (C=O) groups excluding carboxylic acids is 2. The highest BCUT2D eigenvalue weighted by Gasteiger charge is 2.38. The van der Waals surface area contributed by atoms with Crippen molar-refractivity contribution in [3.05, 3.63) is 18.0 Å². The Hall–Kier alpha value is -1.85. The first-order valence-electron chi connectivity index (χ1n) is 9.88. The van der Waals surface area contributed by atoms with Crippen molar-refractivity contribution in [2.24, 2.45) is 11.8 Å². The standard InChI is InChI=1S/C14H24N2O2.C4H5NO.C2H6/c1-9(2)10(3)14(18)16-8-4-5-12(16)13(17)15-11-6-7-11;1-4-2-3-6-5-4;1-2/h9-12H,4-8H2,1-3H3,(H,15,17);2-3H,1H3;1-2H3. The van der Waals surface area contributed by atoms with Crippen LogP contribution in [0, 0.1) is 18.8 Å². The normalized spacial score (nSPS) is 19.8. The van der Waals surface area contributed by atoms with E-state index in [1.54, 1.807) is 17.2 Å². The highest BCUT2D eigenvalue weighted by atomic mass is 16.5. The molecule has 148 valence electrons. The smallest absolute Gasteiger partial charge is 0.243 e. The predicted octanol–water partition coefficient (Wildman–Crippen LogP) is 3.56. The molecule has 3 rings (SSSR count). The Morgan fingerprint density at radius 2 is 1.88 bits per heavy atom. The molecule has 0 radical (unpaired) electrons. The van der Waals surface area contributed by atoms with Crippen LogP contribution in [-0.2, 0) is 9.59 Å². The van der Waals surface area contributed by atoms with Crippen molar-refractivity contribution in [1.82, 2.24) is 15.4 Å². The van der Waals surface area contributed by atoms with Crippen LogP contribution in [0.5, 0.6) is 0 Å². The van der Waals surface area contributed by atoms with Gasteiger partial charge in [-0.05, 0) is 38.5 Å². The fraction of sp³-hybridized carbons (Fsp3) is 0.750. The summed E-state index contributed by atoms with van der Waals surface area (Å²) < 4.78 is 4.46. The van der Waals surface area contributed by atoms with Crippen LogP contribution < -0.4 is 5.32 Å². The fourth-order valence-electron chi connectivity index (χ4n) is 2.65. The minimum Gasteiger partial charge on any atom is -0.365 e. The Balaban J connectivity index is 0.000000353. The van der Waals surface area contributed by atoms with Crippen LogP contribution in [0.4, 0.5) is 0 Å². The van der Waals surface area contributed by atoms with Gasteiger partial charge in [0.25, 0.3) is 0 Å². The first-order chi connectivity index (χ1) is 12.4. The number of hydrogen-bond donors (Lipinski definition) is 1. The third-order valence-electron chi connectivity index (χ3n) is 4.72. The molecule has 2 amide bonds. The number of rotatable bonds is 4. The van der Waals surface area contributed by atoms with Crippen LogP contribution in [0.3, 0.4) is 0 Å². The van der Waals surface area contributed by atoms with Crippen molar-refractivity contribution in [2.75, 3.05) is 6.54 Å². The van der Waals surface area contributed by atoms with Gasteiger partial charge in [0, 0.05) is 24.6 Å². The van der Waals surface area contributed by atoms with Crippen molar-refractivity contribution in [1.29, 1.82) is 0 Å². The maximum Gasteiger partial charge on any atom is 0.243 e. The summed E-state index contributed by atoms with van der Waals surface area (Å²) in [6, 6.07) is 1.96. The largest absolute Gasteiger partial charge is 0.365 e. The molecule has 0 bridgehead atoms. The van der Waals surface area contributed by atoms with E-state index in [1.807, 2.05) is 27.7 Å². The molecule has 6 nitrogen and oxygen atoms in total. The molecule has 0 aromatic carbocycles. The molecule has 1 aromatic rings. The first-order valence-corrected chi connectivity index (χ1v) is 9.88. The van der Waals surface area contributed by atoms with Gasteiger partial charge in [0.15, 0.2) is 0 Å². The average Bonchev–Trinajstić information content (AvgIpc) is 3.11. The second kappa shape index (κ2) is 11.0. The van der Waals surface area contributed by atoms with Crippen LogP contribution in [0.25, 0.3) is 0 Å². The lowest BCUT2D eigenvalue weighted by Crippen LogP contribution is -2.48. The lowest BCUT2D eigenvalue weighted by atomic mass is 9.96. The summed E-state index contributed by atoms with van der Waals surface area (Å²) >= 11 is 0. The molecule has 26 heavy (non-hydrogen) atoms. The monoisotopic (exact) mass is 365 g/mol. The number of carbonyl (C=O) groups is 2. The van der Waals surface area contributed by atoms with Crippen LogP contribution in [0.1, 0.15) is 66.0 Å². The molecular weight excluding hydrogens is 330 g/mol. The zero-order chi connectivity index (χ0) is 19.7. The topological polar surface area (TPSA) is 75.4 Å². The molecule has 6 heteroatoms. The number of nitrogens with zero attached hydrogens (tertiary/aromatic N) is 2. The van der Waals surface area contributed by atoms with E-state index in [9.17, 15) is 9.59 Å². The maximum atomic E-state index is 12.3. The third kappa shape index (κ3) is 6.81. The van der Waals surface area contributed by atoms with Crippen LogP contribution in [-0.4, -0.2) is 40.5 Å². The summed E-state index contributed by atoms with van der Waals surface area (Å²) in [6.07, 6.45) is 5.49. The predicted molar refractivity (Wildman–Crippen MR) is 102 cm³/mol. The zero-order valence-electron chi connectivity index (χ0n) is 17.1. The minimum absolute atomic E-state index is 0.000625. The molecular formula is C20H35N3O3. The first kappa shape index (κ1) is 22.2. The molecule has 1 saturated heterocycles. The molecule has 1 aliphatic heterocycles. The summed E-state index contributed by atoms with van der Waals surface area (Å²) in [6.45, 7) is 12.7. The van der Waals surface area contributed by atoms with Gasteiger partial charge in [0.05, 0.1) is 5.69 Å². The van der Waals surface area contributed by atoms with E-state index in [0.717, 1.165) is 37.9 Å². The Morgan fingerprint density at radius 3 is 2.31 bits per heavy atom. The maximum absolute atomic E-state index is 12.3. The molecule has 1 saturated carbocycles. The average molecular weight is 366 g/mol. The van der Waals surface area contributed by atoms with Crippen molar-refractivity contribution >= 4 is 11.8 Å². The highest BCUT2D eigenvalue weighted by Crippen LogP contribution is 2.25. The summed E-state index contributed by atoms with van der Waals surface area (Å²) in [5, 5.41) is 6.56. The van der Waals surface area contributed by atoms with Crippen LogP contribution in [0.2, 0.25) is 0 Å². The van der Waals surface area contributed by atoms with E-state index in [0.29, 0.717) is 12.0 Å². The minimum atomic E-state index is -0.223. The van der Waals surface area contributed by atoms with E-state index in [4.69, 9.17) is 0 Å². The van der Waals surface area contributed by atoms with Gasteiger partial charge in [-0.15, -0.1) is 0 Å². The summed E-state index contributed by atoms with van der Waals surface area (Å²) in [7, 11) is 0. The van der Waals surface area contributed by atoms with Crippen LogP contribution in [0.15, 0.2) is 16.9 Å². The second-order valence-corrected chi connectivity index (χ2v) is 7.15. The number of hydrogen-bond acceptors (Lipinski definition) is 4. The quantitative estimate of drug-likeness (QED) is 0.885. The van der Waals surface area contributed by atoms with E-state index in [-0.39, 0.29) is 23.8 Å². The number of aryl methyl sites for hydroxylation is 1. The zero-order valence-corrected chi connectivity index (χ0v) is 17.1. The lowest BCUT2D eigenvalue weighted by Gasteiger charge is -2.28.